The lowest BCUT2D eigenvalue weighted by Crippen LogP contribution is -2.04. The van der Waals surface area contributed by atoms with Crippen molar-refractivity contribution in [2.45, 2.75) is 67.5 Å². The van der Waals surface area contributed by atoms with E-state index < -0.39 is 31.9 Å². The first-order valence-electron chi connectivity index (χ1n) is 17.4. The summed E-state index contributed by atoms with van der Waals surface area (Å²) in [5.41, 5.74) is 8.09. The predicted octanol–water partition coefficient (Wildman–Crippen LogP) is 9.04. The van der Waals surface area contributed by atoms with Crippen molar-refractivity contribution in [1.29, 1.82) is 0 Å². The van der Waals surface area contributed by atoms with E-state index in [9.17, 15) is 25.9 Å². The Morgan fingerprint density at radius 1 is 0.691 bits per heavy atom. The van der Waals surface area contributed by atoms with Crippen LogP contribution in [0.1, 0.15) is 73.8 Å². The lowest BCUT2D eigenvalue weighted by atomic mass is 10.1. The van der Waals surface area contributed by atoms with Crippen LogP contribution in [0.15, 0.2) is 81.2 Å². The molecule has 0 fully saturated rings. The molecule has 0 amide bonds. The molecule has 55 heavy (non-hydrogen) atoms. The summed E-state index contributed by atoms with van der Waals surface area (Å²) in [6, 6.07) is 18.5. The molecule has 4 aromatic heterocycles. The molecular formula is C39H34F2N4O6S4. The fourth-order valence-corrected chi connectivity index (χ4v) is 10.9. The summed E-state index contributed by atoms with van der Waals surface area (Å²) in [4.78, 5) is 1.41. The Hall–Kier alpha value is -4.58. The van der Waals surface area contributed by atoms with Crippen LogP contribution in [0.3, 0.4) is 0 Å². The Bertz CT molecular complexity index is 2590. The number of fused-ring (bicyclic) bond motifs is 6. The molecule has 10 nitrogen and oxygen atoms in total. The van der Waals surface area contributed by atoms with Gasteiger partial charge in [-0.3, -0.25) is 18.5 Å². The molecule has 16 heteroatoms. The molecule has 2 aliphatic carbocycles. The summed E-state index contributed by atoms with van der Waals surface area (Å²) in [6.45, 7) is 4.61. The first-order valence-corrected chi connectivity index (χ1v) is 21.9. The van der Waals surface area contributed by atoms with Crippen molar-refractivity contribution in [3.8, 4) is 22.5 Å². The maximum atomic E-state index is 15.9. The molecule has 0 bridgehead atoms. The van der Waals surface area contributed by atoms with Gasteiger partial charge in [0.15, 0.2) is 0 Å². The van der Waals surface area contributed by atoms with Crippen LogP contribution in [0.5, 0.6) is 0 Å². The van der Waals surface area contributed by atoms with Crippen LogP contribution >= 0.6 is 22.7 Å². The largest absolute Gasteiger partial charge is 0.304 e. The number of aromatic nitrogens is 4. The third-order valence-electron chi connectivity index (χ3n) is 9.78. The SMILES string of the molecule is Cc1ccc(Cn2nc(/C(F)=C/CCC/C=C(\F)c3nn(Cc4ccc(C)cc4)c4c3Cc3sc(S(=O)(=O)O)cc3-4)c3c2-c2cc(S(=O)(=O)O)sc2C3)cc1. The van der Waals surface area contributed by atoms with Crippen molar-refractivity contribution in [3.63, 3.8) is 0 Å². The minimum absolute atomic E-state index is 0.167. The Kier molecular flexibility index (Phi) is 9.62. The highest BCUT2D eigenvalue weighted by Gasteiger charge is 2.34. The van der Waals surface area contributed by atoms with Crippen molar-refractivity contribution < 1.29 is 34.7 Å². The number of thiophene rings is 2. The molecule has 8 rings (SSSR count). The van der Waals surface area contributed by atoms with Crippen LogP contribution in [0, 0.1) is 13.8 Å². The van der Waals surface area contributed by atoms with Crippen LogP contribution in [0.2, 0.25) is 0 Å². The second kappa shape index (κ2) is 14.2. The Morgan fingerprint density at radius 3 is 1.44 bits per heavy atom. The summed E-state index contributed by atoms with van der Waals surface area (Å²) in [7, 11) is -8.81. The monoisotopic (exact) mass is 820 g/mol. The Morgan fingerprint density at radius 2 is 1.07 bits per heavy atom. The van der Waals surface area contributed by atoms with Gasteiger partial charge in [-0.15, -0.1) is 22.7 Å². The molecule has 284 valence electrons. The minimum atomic E-state index is -4.40. The maximum Gasteiger partial charge on any atom is 0.304 e. The van der Waals surface area contributed by atoms with Gasteiger partial charge in [0.1, 0.15) is 31.5 Å². The lowest BCUT2D eigenvalue weighted by molar-refractivity contribution is 0.483. The summed E-state index contributed by atoms with van der Waals surface area (Å²) < 4.78 is 102. The van der Waals surface area contributed by atoms with Gasteiger partial charge < -0.3 is 0 Å². The van der Waals surface area contributed by atoms with Crippen molar-refractivity contribution in [2.75, 3.05) is 0 Å². The quantitative estimate of drug-likeness (QED) is 0.0918. The summed E-state index contributed by atoms with van der Waals surface area (Å²) in [5.74, 6) is -1.06. The maximum absolute atomic E-state index is 15.9. The van der Waals surface area contributed by atoms with Gasteiger partial charge in [0.2, 0.25) is 0 Å². The van der Waals surface area contributed by atoms with Gasteiger partial charge in [-0.1, -0.05) is 59.7 Å². The van der Waals surface area contributed by atoms with Gasteiger partial charge in [0, 0.05) is 44.8 Å². The standard InChI is InChI=1S/C39H34F2N4O6S4/c1-22-8-12-24(13-9-22)20-44-38-26-18-34(54(46,47)48)52-32(26)16-28(38)36(42-44)30(40)6-4-3-5-7-31(41)37-29-17-33-27(19-35(53-33)55(49,50)51)39(29)45(43-37)21-25-14-10-23(2)11-15-25/h6-15,18-19H,3-5,16-17,20-21H2,1-2H3,(H,46,47,48)(H,49,50,51)/b30-6-,31-7-. The van der Waals surface area contributed by atoms with E-state index in [0.29, 0.717) is 75.7 Å². The predicted molar refractivity (Wildman–Crippen MR) is 209 cm³/mol. The van der Waals surface area contributed by atoms with Crippen molar-refractivity contribution in [2.24, 2.45) is 0 Å². The lowest BCUT2D eigenvalue weighted by Gasteiger charge is -2.07. The van der Waals surface area contributed by atoms with Gasteiger partial charge in [-0.25, -0.2) is 8.78 Å². The number of halogens is 2. The van der Waals surface area contributed by atoms with E-state index in [1.165, 1.54) is 24.3 Å². The first kappa shape index (κ1) is 37.3. The number of nitrogens with zero attached hydrogens (tertiary/aromatic N) is 4. The van der Waals surface area contributed by atoms with Gasteiger partial charge in [-0.05, 0) is 68.5 Å². The summed E-state index contributed by atoms with van der Waals surface area (Å²) in [5, 5.41) is 9.25. The molecule has 0 unspecified atom stereocenters. The Labute approximate surface area is 324 Å². The number of hydrogen-bond donors (Lipinski definition) is 2. The highest BCUT2D eigenvalue weighted by molar-refractivity contribution is 7.88. The van der Waals surface area contributed by atoms with Gasteiger partial charge in [0.05, 0.1) is 24.5 Å². The second-order valence-corrected chi connectivity index (χ2v) is 19.4. The average molecular weight is 821 g/mol. The molecule has 0 saturated heterocycles. The fourth-order valence-electron chi connectivity index (χ4n) is 7.10. The first-order chi connectivity index (χ1) is 26.1. The van der Waals surface area contributed by atoms with Crippen LogP contribution in [-0.2, 0) is 46.2 Å². The van der Waals surface area contributed by atoms with Crippen LogP contribution in [-0.4, -0.2) is 45.5 Å². The molecule has 2 aliphatic rings. The fraction of sp³-hybridized carbons (Fsp3) is 0.231. The minimum Gasteiger partial charge on any atom is -0.281 e. The van der Waals surface area contributed by atoms with E-state index in [-0.39, 0.29) is 32.6 Å². The number of allylic oxidation sites excluding steroid dienone is 2. The zero-order valence-electron chi connectivity index (χ0n) is 29.6. The number of rotatable bonds is 12. The highest BCUT2D eigenvalue weighted by Crippen LogP contribution is 2.47. The van der Waals surface area contributed by atoms with E-state index in [1.54, 1.807) is 9.36 Å². The number of unbranched alkanes of at least 4 members (excludes halogenated alkanes) is 2. The van der Waals surface area contributed by atoms with Crippen molar-refractivity contribution >= 4 is 54.6 Å². The van der Waals surface area contributed by atoms with Crippen LogP contribution in [0.25, 0.3) is 34.2 Å². The molecule has 4 heterocycles. The molecule has 0 aliphatic heterocycles. The van der Waals surface area contributed by atoms with E-state index >= 15 is 8.78 Å². The van der Waals surface area contributed by atoms with Gasteiger partial charge >= 0.3 is 20.2 Å². The smallest absolute Gasteiger partial charge is 0.281 e. The number of hydrogen-bond acceptors (Lipinski definition) is 8. The molecule has 2 aromatic carbocycles. The summed E-state index contributed by atoms with van der Waals surface area (Å²) in [6.07, 6.45) is 4.41. The highest BCUT2D eigenvalue weighted by atomic mass is 32.3. The third-order valence-corrected chi connectivity index (χ3v) is 14.7. The van der Waals surface area contributed by atoms with E-state index in [4.69, 9.17) is 0 Å². The third kappa shape index (κ3) is 7.30. The Balaban J connectivity index is 1.02. The van der Waals surface area contributed by atoms with Crippen molar-refractivity contribution in [1.82, 2.24) is 19.6 Å². The molecule has 0 saturated carbocycles. The second-order valence-electron chi connectivity index (χ2n) is 13.8. The number of benzene rings is 2. The molecule has 2 N–H and O–H groups in total. The molecular weight excluding hydrogens is 787 g/mol. The number of aryl methyl sites for hydroxylation is 2. The van der Waals surface area contributed by atoms with E-state index in [0.717, 1.165) is 44.9 Å². The van der Waals surface area contributed by atoms with Gasteiger partial charge in [-0.2, -0.15) is 27.0 Å². The van der Waals surface area contributed by atoms with E-state index in [2.05, 4.69) is 10.2 Å². The molecule has 0 spiro atoms. The molecule has 0 radical (unpaired) electrons. The summed E-state index contributed by atoms with van der Waals surface area (Å²) >= 11 is 1.92. The topological polar surface area (TPSA) is 144 Å². The average Bonchev–Trinajstić information content (AvgIpc) is 3.95. The zero-order valence-corrected chi connectivity index (χ0v) is 32.8. The normalized spacial score (nSPS) is 14.0. The molecule has 0 atom stereocenters. The van der Waals surface area contributed by atoms with Crippen molar-refractivity contribution in [3.05, 3.63) is 127 Å². The zero-order chi connectivity index (χ0) is 38.8. The van der Waals surface area contributed by atoms with Crippen LogP contribution in [0.4, 0.5) is 8.78 Å². The molecule has 6 aromatic rings. The van der Waals surface area contributed by atoms with E-state index in [1.807, 2.05) is 62.4 Å². The van der Waals surface area contributed by atoms with Crippen LogP contribution < -0.4 is 0 Å². The van der Waals surface area contributed by atoms with Gasteiger partial charge in [0.25, 0.3) is 0 Å².